The highest BCUT2D eigenvalue weighted by molar-refractivity contribution is 14.1. The highest BCUT2D eigenvalue weighted by atomic mass is 127. The van der Waals surface area contributed by atoms with Gasteiger partial charge in [0.05, 0.1) is 6.04 Å². The first-order valence-corrected chi connectivity index (χ1v) is 6.81. The third kappa shape index (κ3) is 2.64. The number of halogens is 2. The van der Waals surface area contributed by atoms with E-state index < -0.39 is 0 Å². The van der Waals surface area contributed by atoms with E-state index in [1.165, 1.54) is 9.13 Å². The van der Waals surface area contributed by atoms with E-state index in [9.17, 15) is 0 Å². The molecule has 0 aromatic heterocycles. The van der Waals surface area contributed by atoms with Gasteiger partial charge in [-0.05, 0) is 51.9 Å². The van der Waals surface area contributed by atoms with Gasteiger partial charge >= 0.3 is 0 Å². The molecule has 0 aliphatic rings. The zero-order chi connectivity index (χ0) is 11.5. The average molecular weight is 388 g/mol. The average Bonchev–Trinajstić information content (AvgIpc) is 2.30. The number of nitrogens with two attached hydrogens (primary N) is 1. The van der Waals surface area contributed by atoms with E-state index in [1.807, 2.05) is 24.3 Å². The summed E-state index contributed by atoms with van der Waals surface area (Å²) in [6, 6.07) is 16.3. The Morgan fingerprint density at radius 3 is 2.25 bits per heavy atom. The molecular formula is C13H11BrIN. The van der Waals surface area contributed by atoms with Gasteiger partial charge in [0.25, 0.3) is 0 Å². The Labute approximate surface area is 117 Å². The third-order valence-corrected chi connectivity index (χ3v) is 3.98. The molecule has 2 aromatic rings. The van der Waals surface area contributed by atoms with Crippen molar-refractivity contribution in [2.75, 3.05) is 0 Å². The Hall–Kier alpha value is -0.390. The van der Waals surface area contributed by atoms with Crippen LogP contribution in [0.1, 0.15) is 17.2 Å². The summed E-state index contributed by atoms with van der Waals surface area (Å²) in [6.45, 7) is 0. The fourth-order valence-electron chi connectivity index (χ4n) is 1.58. The van der Waals surface area contributed by atoms with Crippen molar-refractivity contribution in [3.8, 4) is 0 Å². The summed E-state index contributed by atoms with van der Waals surface area (Å²) >= 11 is 5.74. The van der Waals surface area contributed by atoms with E-state index in [0.717, 1.165) is 10.0 Å². The molecule has 1 unspecified atom stereocenters. The standard InChI is InChI=1S/C13H11BrIN/c14-10-7-5-9(6-8-10)13(16)11-3-1-2-4-12(11)15/h1-8,13H,16H2. The van der Waals surface area contributed by atoms with Crippen molar-refractivity contribution < 1.29 is 0 Å². The fraction of sp³-hybridized carbons (Fsp3) is 0.0769. The van der Waals surface area contributed by atoms with Gasteiger partial charge in [0.1, 0.15) is 0 Å². The van der Waals surface area contributed by atoms with Gasteiger partial charge in [-0.2, -0.15) is 0 Å². The number of benzene rings is 2. The van der Waals surface area contributed by atoms with Gasteiger partial charge in [0.2, 0.25) is 0 Å². The van der Waals surface area contributed by atoms with Crippen LogP contribution in [0.2, 0.25) is 0 Å². The quantitative estimate of drug-likeness (QED) is 0.771. The van der Waals surface area contributed by atoms with Crippen molar-refractivity contribution in [2.24, 2.45) is 5.73 Å². The Balaban J connectivity index is 2.35. The van der Waals surface area contributed by atoms with Crippen LogP contribution in [0.3, 0.4) is 0 Å². The largest absolute Gasteiger partial charge is 0.320 e. The van der Waals surface area contributed by atoms with Crippen molar-refractivity contribution in [3.05, 3.63) is 67.7 Å². The monoisotopic (exact) mass is 387 g/mol. The maximum absolute atomic E-state index is 6.25. The summed E-state index contributed by atoms with van der Waals surface area (Å²) in [5.41, 5.74) is 8.55. The van der Waals surface area contributed by atoms with Gasteiger partial charge in [-0.15, -0.1) is 0 Å². The summed E-state index contributed by atoms with van der Waals surface area (Å²) < 4.78 is 2.28. The van der Waals surface area contributed by atoms with E-state index in [4.69, 9.17) is 5.73 Å². The van der Waals surface area contributed by atoms with E-state index in [2.05, 4.69) is 62.8 Å². The molecule has 0 radical (unpaired) electrons. The molecule has 0 saturated heterocycles. The topological polar surface area (TPSA) is 26.0 Å². The molecule has 0 spiro atoms. The number of hydrogen-bond donors (Lipinski definition) is 1. The molecule has 2 rings (SSSR count). The first kappa shape index (κ1) is 12.1. The van der Waals surface area contributed by atoms with Gasteiger partial charge in [-0.25, -0.2) is 0 Å². The lowest BCUT2D eigenvalue weighted by Gasteiger charge is -2.14. The summed E-state index contributed by atoms with van der Waals surface area (Å²) in [4.78, 5) is 0. The van der Waals surface area contributed by atoms with E-state index in [-0.39, 0.29) is 6.04 Å². The van der Waals surface area contributed by atoms with Crippen LogP contribution in [0.4, 0.5) is 0 Å². The summed E-state index contributed by atoms with van der Waals surface area (Å²) in [5, 5.41) is 0. The van der Waals surface area contributed by atoms with Crippen molar-refractivity contribution >= 4 is 38.5 Å². The second-order valence-electron chi connectivity index (χ2n) is 3.55. The van der Waals surface area contributed by atoms with Crippen LogP contribution in [0.5, 0.6) is 0 Å². The van der Waals surface area contributed by atoms with Crippen LogP contribution in [0.15, 0.2) is 53.0 Å². The van der Waals surface area contributed by atoms with Crippen molar-refractivity contribution in [1.82, 2.24) is 0 Å². The van der Waals surface area contributed by atoms with Crippen LogP contribution in [0.25, 0.3) is 0 Å². The third-order valence-electron chi connectivity index (χ3n) is 2.47. The van der Waals surface area contributed by atoms with Crippen LogP contribution in [0, 0.1) is 3.57 Å². The van der Waals surface area contributed by atoms with Gasteiger partial charge in [-0.3, -0.25) is 0 Å². The molecule has 0 amide bonds. The SMILES string of the molecule is NC(c1ccc(Br)cc1)c1ccccc1I. The molecule has 2 aromatic carbocycles. The zero-order valence-electron chi connectivity index (χ0n) is 8.53. The minimum Gasteiger partial charge on any atom is -0.320 e. The molecule has 0 aliphatic heterocycles. The lowest BCUT2D eigenvalue weighted by Crippen LogP contribution is -2.12. The second kappa shape index (κ2) is 5.29. The molecule has 3 heteroatoms. The van der Waals surface area contributed by atoms with Gasteiger partial charge in [0.15, 0.2) is 0 Å². The lowest BCUT2D eigenvalue weighted by atomic mass is 10.00. The molecule has 2 N–H and O–H groups in total. The molecule has 0 saturated carbocycles. The predicted molar refractivity (Wildman–Crippen MR) is 79.3 cm³/mol. The Morgan fingerprint density at radius 1 is 1.00 bits per heavy atom. The molecule has 82 valence electrons. The van der Waals surface area contributed by atoms with E-state index in [0.29, 0.717) is 0 Å². The summed E-state index contributed by atoms with van der Waals surface area (Å²) in [7, 11) is 0. The van der Waals surface area contributed by atoms with Crippen LogP contribution in [-0.4, -0.2) is 0 Å². The number of rotatable bonds is 2. The Morgan fingerprint density at radius 2 is 1.62 bits per heavy atom. The minimum atomic E-state index is -0.0544. The first-order valence-electron chi connectivity index (χ1n) is 4.94. The maximum Gasteiger partial charge on any atom is 0.0562 e. The minimum absolute atomic E-state index is 0.0544. The van der Waals surface area contributed by atoms with E-state index in [1.54, 1.807) is 0 Å². The van der Waals surface area contributed by atoms with Gasteiger partial charge in [0, 0.05) is 8.04 Å². The predicted octanol–water partition coefficient (Wildman–Crippen LogP) is 4.10. The molecule has 0 bridgehead atoms. The van der Waals surface area contributed by atoms with Crippen LogP contribution >= 0.6 is 38.5 Å². The summed E-state index contributed by atoms with van der Waals surface area (Å²) in [5.74, 6) is 0. The van der Waals surface area contributed by atoms with Crippen LogP contribution < -0.4 is 5.73 Å². The summed E-state index contributed by atoms with van der Waals surface area (Å²) in [6.07, 6.45) is 0. The zero-order valence-corrected chi connectivity index (χ0v) is 12.3. The Bertz CT molecular complexity index is 482. The molecule has 1 atom stereocenters. The first-order chi connectivity index (χ1) is 7.68. The highest BCUT2D eigenvalue weighted by Gasteiger charge is 2.10. The molecule has 16 heavy (non-hydrogen) atoms. The van der Waals surface area contributed by atoms with Crippen molar-refractivity contribution in [2.45, 2.75) is 6.04 Å². The van der Waals surface area contributed by atoms with Crippen LogP contribution in [-0.2, 0) is 0 Å². The molecule has 0 aliphatic carbocycles. The molecule has 1 nitrogen and oxygen atoms in total. The van der Waals surface area contributed by atoms with E-state index >= 15 is 0 Å². The van der Waals surface area contributed by atoms with Crippen molar-refractivity contribution in [1.29, 1.82) is 0 Å². The fourth-order valence-corrected chi connectivity index (χ4v) is 2.56. The maximum atomic E-state index is 6.25. The Kier molecular flexibility index (Phi) is 4.00. The highest BCUT2D eigenvalue weighted by Crippen LogP contribution is 2.24. The second-order valence-corrected chi connectivity index (χ2v) is 5.63. The van der Waals surface area contributed by atoms with Gasteiger partial charge in [-0.1, -0.05) is 46.3 Å². The normalized spacial score (nSPS) is 12.4. The lowest BCUT2D eigenvalue weighted by molar-refractivity contribution is 0.865. The van der Waals surface area contributed by atoms with Gasteiger partial charge < -0.3 is 5.73 Å². The molecule has 0 heterocycles. The number of hydrogen-bond acceptors (Lipinski definition) is 1. The smallest absolute Gasteiger partial charge is 0.0562 e. The molecule has 0 fully saturated rings. The van der Waals surface area contributed by atoms with Crippen molar-refractivity contribution in [3.63, 3.8) is 0 Å². The molecular weight excluding hydrogens is 377 g/mol.